The molecular weight excluding hydrogens is 266 g/mol. The molecule has 114 valence electrons. The van der Waals surface area contributed by atoms with Crippen LogP contribution in [0.4, 0.5) is 0 Å². The van der Waals surface area contributed by atoms with Crippen LogP contribution in [0.2, 0.25) is 0 Å². The van der Waals surface area contributed by atoms with Crippen LogP contribution < -0.4 is 5.73 Å². The van der Waals surface area contributed by atoms with Crippen molar-refractivity contribution in [3.05, 3.63) is 35.9 Å². The van der Waals surface area contributed by atoms with E-state index in [4.69, 9.17) is 5.73 Å². The summed E-state index contributed by atoms with van der Waals surface area (Å²) in [6, 6.07) is 9.21. The number of nitrogens with zero attached hydrogens (tertiary/aromatic N) is 2. The highest BCUT2D eigenvalue weighted by Crippen LogP contribution is 2.24. The number of hydrogen-bond donors (Lipinski definition) is 1. The van der Waals surface area contributed by atoms with Crippen molar-refractivity contribution in [2.45, 2.75) is 31.8 Å². The molecule has 21 heavy (non-hydrogen) atoms. The van der Waals surface area contributed by atoms with Gasteiger partial charge in [-0.1, -0.05) is 30.3 Å². The van der Waals surface area contributed by atoms with Gasteiger partial charge < -0.3 is 15.5 Å². The first kappa shape index (κ1) is 15.5. The molecule has 1 saturated heterocycles. The second-order valence-electron chi connectivity index (χ2n) is 6.05. The lowest BCUT2D eigenvalue weighted by molar-refractivity contribution is -0.157. The molecule has 1 heterocycles. The molecule has 2 N–H and O–H groups in total. The van der Waals surface area contributed by atoms with E-state index in [9.17, 15) is 9.59 Å². The lowest BCUT2D eigenvalue weighted by Gasteiger charge is -2.45. The predicted octanol–water partition coefficient (Wildman–Crippen LogP) is 1.16. The van der Waals surface area contributed by atoms with E-state index >= 15 is 0 Å². The first-order chi connectivity index (χ1) is 9.84. The molecule has 0 radical (unpaired) electrons. The number of nitrogens with two attached hydrogens (primary N) is 1. The summed E-state index contributed by atoms with van der Waals surface area (Å²) >= 11 is 0. The van der Waals surface area contributed by atoms with Crippen LogP contribution in [0.1, 0.15) is 31.9 Å². The number of piperazine rings is 1. The maximum atomic E-state index is 12.5. The first-order valence-corrected chi connectivity index (χ1v) is 7.20. The molecule has 5 nitrogen and oxygen atoms in total. The number of likely N-dealkylation sites (N-methyl/N-ethyl adjacent to an activating group) is 1. The zero-order valence-electron chi connectivity index (χ0n) is 12.9. The Hall–Kier alpha value is -1.88. The SMILES string of the molecule is CN1CCN(C(=O)C[C@@H](N)c2ccccc2)C(C)(C)C1=O. The molecule has 0 aliphatic carbocycles. The van der Waals surface area contributed by atoms with Gasteiger partial charge >= 0.3 is 0 Å². The Kier molecular flexibility index (Phi) is 4.32. The highest BCUT2D eigenvalue weighted by molar-refractivity contribution is 5.92. The summed E-state index contributed by atoms with van der Waals surface area (Å²) in [5.41, 5.74) is 6.24. The van der Waals surface area contributed by atoms with Crippen LogP contribution in [0.25, 0.3) is 0 Å². The summed E-state index contributed by atoms with van der Waals surface area (Å²) in [5.74, 6) is -0.104. The summed E-state index contributed by atoms with van der Waals surface area (Å²) in [6.07, 6.45) is 0.213. The van der Waals surface area contributed by atoms with E-state index < -0.39 is 5.54 Å². The number of rotatable bonds is 3. The number of benzene rings is 1. The van der Waals surface area contributed by atoms with Gasteiger partial charge in [0.05, 0.1) is 0 Å². The molecule has 0 spiro atoms. The van der Waals surface area contributed by atoms with Gasteiger partial charge in [-0.2, -0.15) is 0 Å². The van der Waals surface area contributed by atoms with Crippen LogP contribution in [-0.4, -0.2) is 47.3 Å². The van der Waals surface area contributed by atoms with Crippen molar-refractivity contribution in [3.63, 3.8) is 0 Å². The van der Waals surface area contributed by atoms with E-state index in [-0.39, 0.29) is 24.3 Å². The number of hydrogen-bond acceptors (Lipinski definition) is 3. The number of carbonyl (C=O) groups is 2. The van der Waals surface area contributed by atoms with Gasteiger partial charge in [-0.05, 0) is 19.4 Å². The van der Waals surface area contributed by atoms with Gasteiger partial charge in [0.25, 0.3) is 0 Å². The Balaban J connectivity index is 2.08. The minimum atomic E-state index is -0.805. The topological polar surface area (TPSA) is 66.6 Å². The monoisotopic (exact) mass is 289 g/mol. The fourth-order valence-electron chi connectivity index (χ4n) is 2.77. The smallest absolute Gasteiger partial charge is 0.247 e. The molecule has 0 aromatic heterocycles. The fraction of sp³-hybridized carbons (Fsp3) is 0.500. The summed E-state index contributed by atoms with van der Waals surface area (Å²) in [5, 5.41) is 0. The molecule has 1 aliphatic heterocycles. The number of amides is 2. The van der Waals surface area contributed by atoms with Crippen molar-refractivity contribution in [2.75, 3.05) is 20.1 Å². The second kappa shape index (κ2) is 5.85. The highest BCUT2D eigenvalue weighted by Gasteiger charge is 2.42. The molecule has 0 saturated carbocycles. The number of carbonyl (C=O) groups excluding carboxylic acids is 2. The molecular formula is C16H23N3O2. The molecule has 5 heteroatoms. The van der Waals surface area contributed by atoms with Crippen molar-refractivity contribution in [3.8, 4) is 0 Å². The Morgan fingerprint density at radius 2 is 1.90 bits per heavy atom. The van der Waals surface area contributed by atoms with Crippen molar-refractivity contribution >= 4 is 11.8 Å². The third-order valence-electron chi connectivity index (χ3n) is 4.13. The lowest BCUT2D eigenvalue weighted by Crippen LogP contribution is -2.63. The third kappa shape index (κ3) is 3.08. The van der Waals surface area contributed by atoms with E-state index in [1.165, 1.54) is 0 Å². The van der Waals surface area contributed by atoms with Gasteiger partial charge in [0.15, 0.2) is 0 Å². The Labute approximate surface area is 125 Å². The second-order valence-corrected chi connectivity index (χ2v) is 6.05. The van der Waals surface area contributed by atoms with Gasteiger partial charge in [0.2, 0.25) is 11.8 Å². The van der Waals surface area contributed by atoms with Crippen LogP contribution in [0.5, 0.6) is 0 Å². The van der Waals surface area contributed by atoms with Crippen molar-refractivity contribution < 1.29 is 9.59 Å². The van der Waals surface area contributed by atoms with Crippen LogP contribution in [-0.2, 0) is 9.59 Å². The van der Waals surface area contributed by atoms with Gasteiger partial charge in [-0.15, -0.1) is 0 Å². The molecule has 2 rings (SSSR count). The van der Waals surface area contributed by atoms with Crippen LogP contribution in [0.15, 0.2) is 30.3 Å². The van der Waals surface area contributed by atoms with Crippen molar-refractivity contribution in [2.24, 2.45) is 5.73 Å². The minimum absolute atomic E-state index is 0.0321. The van der Waals surface area contributed by atoms with Crippen LogP contribution >= 0.6 is 0 Å². The van der Waals surface area contributed by atoms with E-state index in [2.05, 4.69) is 0 Å². The first-order valence-electron chi connectivity index (χ1n) is 7.20. The molecule has 1 aliphatic rings. The standard InChI is InChI=1S/C16H23N3O2/c1-16(2)15(21)18(3)9-10-19(16)14(20)11-13(17)12-7-5-4-6-8-12/h4-8,13H,9-11,17H2,1-3H3/t13-/m1/s1. The van der Waals surface area contributed by atoms with Gasteiger partial charge in [-0.25, -0.2) is 0 Å². The Morgan fingerprint density at radius 3 is 2.52 bits per heavy atom. The maximum Gasteiger partial charge on any atom is 0.247 e. The predicted molar refractivity (Wildman–Crippen MR) is 81.4 cm³/mol. The Morgan fingerprint density at radius 1 is 1.29 bits per heavy atom. The van der Waals surface area contributed by atoms with E-state index in [1.54, 1.807) is 30.7 Å². The van der Waals surface area contributed by atoms with Gasteiger partial charge in [0.1, 0.15) is 5.54 Å². The lowest BCUT2D eigenvalue weighted by atomic mass is 9.95. The van der Waals surface area contributed by atoms with E-state index in [0.29, 0.717) is 13.1 Å². The third-order valence-corrected chi connectivity index (χ3v) is 4.13. The molecule has 1 aromatic rings. The maximum absolute atomic E-state index is 12.5. The molecule has 1 atom stereocenters. The van der Waals surface area contributed by atoms with Crippen LogP contribution in [0, 0.1) is 0 Å². The normalized spacial score (nSPS) is 19.5. The van der Waals surface area contributed by atoms with Crippen LogP contribution in [0.3, 0.4) is 0 Å². The van der Waals surface area contributed by atoms with Gasteiger partial charge in [-0.3, -0.25) is 9.59 Å². The Bertz CT molecular complexity index is 528. The minimum Gasteiger partial charge on any atom is -0.342 e. The zero-order valence-corrected chi connectivity index (χ0v) is 12.9. The van der Waals surface area contributed by atoms with Gasteiger partial charge in [0, 0.05) is 32.6 Å². The van der Waals surface area contributed by atoms with Crippen molar-refractivity contribution in [1.29, 1.82) is 0 Å². The zero-order chi connectivity index (χ0) is 15.6. The molecule has 1 fully saturated rings. The average molecular weight is 289 g/mol. The summed E-state index contributed by atoms with van der Waals surface area (Å²) in [6.45, 7) is 4.69. The molecule has 0 bridgehead atoms. The summed E-state index contributed by atoms with van der Waals surface area (Å²) in [7, 11) is 1.77. The summed E-state index contributed by atoms with van der Waals surface area (Å²) < 4.78 is 0. The highest BCUT2D eigenvalue weighted by atomic mass is 16.2. The van der Waals surface area contributed by atoms with E-state index in [1.807, 2.05) is 30.3 Å². The summed E-state index contributed by atoms with van der Waals surface area (Å²) in [4.78, 5) is 28.1. The molecule has 0 unspecified atom stereocenters. The molecule has 2 amide bonds. The fourth-order valence-corrected chi connectivity index (χ4v) is 2.77. The largest absolute Gasteiger partial charge is 0.342 e. The quantitative estimate of drug-likeness (QED) is 0.908. The average Bonchev–Trinajstić information content (AvgIpc) is 2.45. The van der Waals surface area contributed by atoms with Crippen molar-refractivity contribution in [1.82, 2.24) is 9.80 Å². The molecule has 1 aromatic carbocycles. The van der Waals surface area contributed by atoms with E-state index in [0.717, 1.165) is 5.56 Å².